The van der Waals surface area contributed by atoms with Gasteiger partial charge < -0.3 is 10.0 Å². The first kappa shape index (κ1) is 18.4. The summed E-state index contributed by atoms with van der Waals surface area (Å²) in [4.78, 5) is 25.7. The second-order valence-electron chi connectivity index (χ2n) is 6.51. The fourth-order valence-electron chi connectivity index (χ4n) is 2.93. The Balaban J connectivity index is 2.13. The molecule has 1 heterocycles. The van der Waals surface area contributed by atoms with E-state index in [1.54, 1.807) is 30.9 Å². The first-order chi connectivity index (χ1) is 11.2. The van der Waals surface area contributed by atoms with E-state index < -0.39 is 21.2 Å². The smallest absolute Gasteiger partial charge is 0.311 e. The number of carbonyl (C=O) groups excluding carboxylic acids is 1. The Morgan fingerprint density at radius 3 is 2.67 bits per heavy atom. The van der Waals surface area contributed by atoms with Gasteiger partial charge >= 0.3 is 5.97 Å². The van der Waals surface area contributed by atoms with E-state index >= 15 is 0 Å². The van der Waals surface area contributed by atoms with Crippen LogP contribution in [0.2, 0.25) is 0 Å². The Labute approximate surface area is 142 Å². The van der Waals surface area contributed by atoms with E-state index in [9.17, 15) is 23.1 Å². The highest BCUT2D eigenvalue weighted by atomic mass is 32.2. The number of benzene rings is 1. The van der Waals surface area contributed by atoms with E-state index in [1.165, 1.54) is 12.1 Å². The molecule has 1 atom stereocenters. The maximum absolute atomic E-state index is 12.5. The largest absolute Gasteiger partial charge is 0.481 e. The first-order valence-electron chi connectivity index (χ1n) is 8.01. The molecule has 7 heteroatoms. The number of sulfone groups is 1. The van der Waals surface area contributed by atoms with Crippen molar-refractivity contribution < 1.29 is 23.1 Å². The average molecular weight is 353 g/mol. The number of carboxylic acids is 1. The third-order valence-electron chi connectivity index (χ3n) is 4.56. The molecule has 1 aliphatic rings. The van der Waals surface area contributed by atoms with Crippen molar-refractivity contribution in [1.29, 1.82) is 0 Å². The van der Waals surface area contributed by atoms with Gasteiger partial charge in [0.25, 0.3) is 0 Å². The van der Waals surface area contributed by atoms with Crippen molar-refractivity contribution in [3.63, 3.8) is 0 Å². The molecule has 1 amide bonds. The van der Waals surface area contributed by atoms with E-state index in [1.807, 2.05) is 0 Å². The zero-order chi connectivity index (χ0) is 18.0. The monoisotopic (exact) mass is 353 g/mol. The topological polar surface area (TPSA) is 91.8 Å². The van der Waals surface area contributed by atoms with Crippen LogP contribution in [0.25, 0.3) is 0 Å². The van der Waals surface area contributed by atoms with Crippen molar-refractivity contribution in [2.75, 3.05) is 18.8 Å². The van der Waals surface area contributed by atoms with Crippen LogP contribution in [-0.2, 0) is 25.8 Å². The van der Waals surface area contributed by atoms with Crippen LogP contribution < -0.4 is 0 Å². The average Bonchev–Trinajstić information content (AvgIpc) is 2.55. The Hall–Kier alpha value is -1.89. The molecular formula is C17H23NO5S. The summed E-state index contributed by atoms with van der Waals surface area (Å²) in [6, 6.07) is 6.39. The lowest BCUT2D eigenvalue weighted by Crippen LogP contribution is -2.48. The molecular weight excluding hydrogens is 330 g/mol. The molecule has 24 heavy (non-hydrogen) atoms. The highest BCUT2D eigenvalue weighted by Gasteiger charge is 2.39. The van der Waals surface area contributed by atoms with Crippen LogP contribution in [0.4, 0.5) is 0 Å². The zero-order valence-electron chi connectivity index (χ0n) is 14.0. The van der Waals surface area contributed by atoms with E-state index in [4.69, 9.17) is 0 Å². The van der Waals surface area contributed by atoms with E-state index in [0.717, 1.165) is 0 Å². The lowest BCUT2D eigenvalue weighted by Gasteiger charge is -2.37. The number of rotatable bonds is 5. The normalized spacial score (nSPS) is 21.5. The summed E-state index contributed by atoms with van der Waals surface area (Å²) in [5.41, 5.74) is -0.293. The third-order valence-corrected chi connectivity index (χ3v) is 6.29. The third kappa shape index (κ3) is 3.95. The van der Waals surface area contributed by atoms with Gasteiger partial charge in [-0.25, -0.2) is 8.42 Å². The summed E-state index contributed by atoms with van der Waals surface area (Å²) in [7, 11) is -3.31. The van der Waals surface area contributed by atoms with Crippen LogP contribution in [0, 0.1) is 5.41 Å². The molecule has 0 saturated carbocycles. The number of carboxylic acid groups (broad SMARTS) is 1. The predicted octanol–water partition coefficient (Wildman–Crippen LogP) is 1.74. The highest BCUT2D eigenvalue weighted by Crippen LogP contribution is 2.30. The lowest BCUT2D eigenvalue weighted by atomic mass is 9.82. The molecule has 1 fully saturated rings. The van der Waals surface area contributed by atoms with Crippen molar-refractivity contribution in [2.45, 2.75) is 38.0 Å². The Morgan fingerprint density at radius 1 is 1.33 bits per heavy atom. The van der Waals surface area contributed by atoms with Gasteiger partial charge in [0.05, 0.1) is 22.5 Å². The minimum Gasteiger partial charge on any atom is -0.481 e. The van der Waals surface area contributed by atoms with E-state index in [-0.39, 0.29) is 29.5 Å². The molecule has 2 rings (SSSR count). The number of nitrogens with zero attached hydrogens (tertiary/aromatic N) is 1. The first-order valence-corrected chi connectivity index (χ1v) is 9.66. The zero-order valence-corrected chi connectivity index (χ0v) is 14.8. The van der Waals surface area contributed by atoms with Crippen LogP contribution in [0.3, 0.4) is 0 Å². The van der Waals surface area contributed by atoms with Crippen molar-refractivity contribution >= 4 is 21.7 Å². The van der Waals surface area contributed by atoms with Crippen molar-refractivity contribution in [2.24, 2.45) is 5.41 Å². The summed E-state index contributed by atoms with van der Waals surface area (Å²) in [6.07, 6.45) is 1.28. The molecule has 0 spiro atoms. The van der Waals surface area contributed by atoms with Crippen LogP contribution in [0.1, 0.15) is 32.3 Å². The molecule has 0 bridgehead atoms. The van der Waals surface area contributed by atoms with Gasteiger partial charge in [-0.05, 0) is 37.5 Å². The molecule has 1 aromatic carbocycles. The summed E-state index contributed by atoms with van der Waals surface area (Å²) >= 11 is 0. The number of piperidine rings is 1. The van der Waals surface area contributed by atoms with Crippen molar-refractivity contribution in [3.8, 4) is 0 Å². The summed E-state index contributed by atoms with van der Waals surface area (Å²) in [5, 5.41) is 9.34. The second-order valence-corrected chi connectivity index (χ2v) is 8.79. The molecule has 0 aromatic heterocycles. The summed E-state index contributed by atoms with van der Waals surface area (Å²) in [5.74, 6) is -1.06. The second kappa shape index (κ2) is 6.93. The molecule has 1 aromatic rings. The molecule has 132 valence electrons. The molecule has 1 unspecified atom stereocenters. The number of amides is 1. The molecule has 0 aliphatic carbocycles. The maximum atomic E-state index is 12.5. The van der Waals surface area contributed by atoms with Gasteiger partial charge in [0.2, 0.25) is 5.91 Å². The molecule has 1 aliphatic heterocycles. The quantitative estimate of drug-likeness (QED) is 0.870. The minimum absolute atomic E-state index is 0.00743. The van der Waals surface area contributed by atoms with Gasteiger partial charge in [-0.15, -0.1) is 0 Å². The molecule has 0 radical (unpaired) electrons. The SMILES string of the molecule is CCS(=O)(=O)c1cccc(CC(=O)N2CCCC(C)(C(=O)O)C2)c1. The van der Waals surface area contributed by atoms with E-state index in [0.29, 0.717) is 24.9 Å². The Morgan fingerprint density at radius 2 is 2.04 bits per heavy atom. The van der Waals surface area contributed by atoms with Gasteiger partial charge in [-0.3, -0.25) is 9.59 Å². The predicted molar refractivity (Wildman–Crippen MR) is 89.4 cm³/mol. The van der Waals surface area contributed by atoms with Crippen molar-refractivity contribution in [1.82, 2.24) is 4.90 Å². The van der Waals surface area contributed by atoms with Crippen LogP contribution >= 0.6 is 0 Å². The number of hydrogen-bond donors (Lipinski definition) is 1. The minimum atomic E-state index is -3.31. The van der Waals surface area contributed by atoms with Gasteiger partial charge in [0.1, 0.15) is 0 Å². The highest BCUT2D eigenvalue weighted by molar-refractivity contribution is 7.91. The van der Waals surface area contributed by atoms with E-state index in [2.05, 4.69) is 0 Å². The van der Waals surface area contributed by atoms with Crippen molar-refractivity contribution in [3.05, 3.63) is 29.8 Å². The number of aliphatic carboxylic acids is 1. The molecule has 1 saturated heterocycles. The Bertz CT molecular complexity index is 743. The van der Waals surface area contributed by atoms with Crippen LogP contribution in [0.15, 0.2) is 29.2 Å². The standard InChI is InChI=1S/C17H23NO5S/c1-3-24(22,23)14-7-4-6-13(10-14)11-15(19)18-9-5-8-17(2,12-18)16(20)21/h4,6-7,10H,3,5,8-9,11-12H2,1-2H3,(H,20,21). The summed E-state index contributed by atoms with van der Waals surface area (Å²) < 4.78 is 23.9. The molecule has 1 N–H and O–H groups in total. The van der Waals surface area contributed by atoms with Crippen LogP contribution in [-0.4, -0.2) is 49.1 Å². The number of likely N-dealkylation sites (tertiary alicyclic amines) is 1. The van der Waals surface area contributed by atoms with Crippen LogP contribution in [0.5, 0.6) is 0 Å². The van der Waals surface area contributed by atoms with Gasteiger partial charge in [0.15, 0.2) is 9.84 Å². The number of carbonyl (C=O) groups is 2. The summed E-state index contributed by atoms with van der Waals surface area (Å²) in [6.45, 7) is 3.96. The van der Waals surface area contributed by atoms with Gasteiger partial charge in [-0.2, -0.15) is 0 Å². The lowest BCUT2D eigenvalue weighted by molar-refractivity contribution is -0.153. The Kier molecular flexibility index (Phi) is 5.32. The molecule has 6 nitrogen and oxygen atoms in total. The number of hydrogen-bond acceptors (Lipinski definition) is 4. The maximum Gasteiger partial charge on any atom is 0.311 e. The van der Waals surface area contributed by atoms with Gasteiger partial charge in [0, 0.05) is 13.1 Å². The fraction of sp³-hybridized carbons (Fsp3) is 0.529. The fourth-order valence-corrected chi connectivity index (χ4v) is 3.88. The van der Waals surface area contributed by atoms with Gasteiger partial charge in [-0.1, -0.05) is 19.1 Å².